The van der Waals surface area contributed by atoms with Crippen molar-refractivity contribution in [2.45, 2.75) is 51.1 Å². The normalized spacial score (nSPS) is 23.9. The van der Waals surface area contributed by atoms with Crippen molar-refractivity contribution in [2.75, 3.05) is 13.7 Å². The SMILES string of the molecule is CCCC(COC)NC(=O)NC1CCCC1C(=O)O. The van der Waals surface area contributed by atoms with Gasteiger partial charge in [0.15, 0.2) is 0 Å². The first kappa shape index (κ1) is 15.8. The van der Waals surface area contributed by atoms with Crippen LogP contribution in [-0.2, 0) is 9.53 Å². The molecule has 0 aliphatic heterocycles. The Labute approximate surface area is 113 Å². The molecule has 1 rings (SSSR count). The summed E-state index contributed by atoms with van der Waals surface area (Å²) in [6.07, 6.45) is 4.01. The number of hydrogen-bond acceptors (Lipinski definition) is 3. The Hall–Kier alpha value is -1.30. The summed E-state index contributed by atoms with van der Waals surface area (Å²) in [4.78, 5) is 22.9. The van der Waals surface area contributed by atoms with Gasteiger partial charge in [-0.1, -0.05) is 19.8 Å². The molecule has 3 atom stereocenters. The minimum atomic E-state index is -0.829. The second-order valence-corrected chi connectivity index (χ2v) is 5.04. The summed E-state index contributed by atoms with van der Waals surface area (Å²) >= 11 is 0. The highest BCUT2D eigenvalue weighted by Crippen LogP contribution is 2.25. The maximum atomic E-state index is 11.9. The predicted octanol–water partition coefficient (Wildman–Crippen LogP) is 1.35. The lowest BCUT2D eigenvalue weighted by atomic mass is 10.0. The Morgan fingerprint density at radius 3 is 2.74 bits per heavy atom. The molecule has 1 aliphatic carbocycles. The molecule has 0 saturated heterocycles. The smallest absolute Gasteiger partial charge is 0.315 e. The van der Waals surface area contributed by atoms with E-state index in [9.17, 15) is 9.59 Å². The number of ether oxygens (including phenoxy) is 1. The van der Waals surface area contributed by atoms with Crippen LogP contribution in [0.1, 0.15) is 39.0 Å². The molecule has 2 amide bonds. The van der Waals surface area contributed by atoms with Crippen LogP contribution in [0.25, 0.3) is 0 Å². The van der Waals surface area contributed by atoms with Crippen molar-refractivity contribution in [3.05, 3.63) is 0 Å². The highest BCUT2D eigenvalue weighted by atomic mass is 16.5. The standard InChI is InChI=1S/C13H24N2O4/c1-3-5-9(8-19-2)14-13(18)15-11-7-4-6-10(11)12(16)17/h9-11H,3-8H2,1-2H3,(H,16,17)(H2,14,15,18). The molecule has 1 fully saturated rings. The van der Waals surface area contributed by atoms with E-state index < -0.39 is 11.9 Å². The first-order valence-electron chi connectivity index (χ1n) is 6.87. The van der Waals surface area contributed by atoms with Crippen LogP contribution >= 0.6 is 0 Å². The van der Waals surface area contributed by atoms with E-state index in [4.69, 9.17) is 9.84 Å². The fourth-order valence-corrected chi connectivity index (χ4v) is 2.57. The van der Waals surface area contributed by atoms with Gasteiger partial charge in [-0.2, -0.15) is 0 Å². The summed E-state index contributed by atoms with van der Waals surface area (Å²) < 4.78 is 5.05. The summed E-state index contributed by atoms with van der Waals surface area (Å²) in [5.41, 5.74) is 0. The maximum absolute atomic E-state index is 11.9. The third-order valence-corrected chi connectivity index (χ3v) is 3.49. The van der Waals surface area contributed by atoms with Crippen LogP contribution in [0.2, 0.25) is 0 Å². The van der Waals surface area contributed by atoms with Gasteiger partial charge < -0.3 is 20.5 Å². The molecule has 0 aromatic carbocycles. The van der Waals surface area contributed by atoms with E-state index in [0.29, 0.717) is 13.0 Å². The molecule has 6 nitrogen and oxygen atoms in total. The molecule has 3 N–H and O–H groups in total. The molecule has 0 aromatic heterocycles. The molecule has 110 valence electrons. The zero-order chi connectivity index (χ0) is 14.3. The van der Waals surface area contributed by atoms with Crippen LogP contribution in [-0.4, -0.2) is 42.9 Å². The van der Waals surface area contributed by atoms with Gasteiger partial charge in [-0.15, -0.1) is 0 Å². The van der Waals surface area contributed by atoms with E-state index in [0.717, 1.165) is 25.7 Å². The summed E-state index contributed by atoms with van der Waals surface area (Å²) in [6.45, 7) is 2.51. The number of aliphatic carboxylic acids is 1. The maximum Gasteiger partial charge on any atom is 0.315 e. The molecule has 0 bridgehead atoms. The number of carbonyl (C=O) groups is 2. The van der Waals surface area contributed by atoms with Gasteiger partial charge in [-0.25, -0.2) is 4.79 Å². The van der Waals surface area contributed by atoms with Crippen molar-refractivity contribution in [3.63, 3.8) is 0 Å². The molecule has 0 aromatic rings. The first-order valence-corrected chi connectivity index (χ1v) is 6.87. The molecule has 0 radical (unpaired) electrons. The number of amides is 2. The van der Waals surface area contributed by atoms with Crippen molar-refractivity contribution < 1.29 is 19.4 Å². The third kappa shape index (κ3) is 5.06. The lowest BCUT2D eigenvalue weighted by Gasteiger charge is -2.21. The van der Waals surface area contributed by atoms with Gasteiger partial charge in [-0.3, -0.25) is 4.79 Å². The minimum Gasteiger partial charge on any atom is -0.481 e. The quantitative estimate of drug-likeness (QED) is 0.653. The lowest BCUT2D eigenvalue weighted by Crippen LogP contribution is -2.49. The zero-order valence-electron chi connectivity index (χ0n) is 11.6. The number of carboxylic acids is 1. The van der Waals surface area contributed by atoms with Gasteiger partial charge in [0.1, 0.15) is 0 Å². The van der Waals surface area contributed by atoms with E-state index in [1.54, 1.807) is 7.11 Å². The van der Waals surface area contributed by atoms with E-state index in [1.165, 1.54) is 0 Å². The number of carboxylic acid groups (broad SMARTS) is 1. The van der Waals surface area contributed by atoms with Crippen molar-refractivity contribution >= 4 is 12.0 Å². The van der Waals surface area contributed by atoms with Gasteiger partial charge in [-0.05, 0) is 19.3 Å². The number of nitrogens with one attached hydrogen (secondary N) is 2. The van der Waals surface area contributed by atoms with Crippen molar-refractivity contribution in [1.29, 1.82) is 0 Å². The van der Waals surface area contributed by atoms with E-state index in [1.807, 2.05) is 6.92 Å². The van der Waals surface area contributed by atoms with Crippen molar-refractivity contribution in [2.24, 2.45) is 5.92 Å². The molecule has 0 spiro atoms. The monoisotopic (exact) mass is 272 g/mol. The van der Waals surface area contributed by atoms with E-state index >= 15 is 0 Å². The fourth-order valence-electron chi connectivity index (χ4n) is 2.57. The molecule has 6 heteroatoms. The first-order chi connectivity index (χ1) is 9.08. The summed E-state index contributed by atoms with van der Waals surface area (Å²) in [5.74, 6) is -1.29. The molecular weight excluding hydrogens is 248 g/mol. The van der Waals surface area contributed by atoms with Crippen LogP contribution in [0.4, 0.5) is 4.79 Å². The number of urea groups is 1. The van der Waals surface area contributed by atoms with Crippen LogP contribution in [0, 0.1) is 5.92 Å². The molecule has 1 aliphatic rings. The van der Waals surface area contributed by atoms with Gasteiger partial charge in [0.05, 0.1) is 18.6 Å². The van der Waals surface area contributed by atoms with E-state index in [2.05, 4.69) is 10.6 Å². The molecule has 3 unspecified atom stereocenters. The van der Waals surface area contributed by atoms with E-state index in [-0.39, 0.29) is 18.1 Å². The molecular formula is C13H24N2O4. The molecule has 1 saturated carbocycles. The number of rotatable bonds is 7. The van der Waals surface area contributed by atoms with Gasteiger partial charge in [0.25, 0.3) is 0 Å². The topological polar surface area (TPSA) is 87.7 Å². The Morgan fingerprint density at radius 1 is 1.42 bits per heavy atom. The van der Waals surface area contributed by atoms with Crippen molar-refractivity contribution in [3.8, 4) is 0 Å². The lowest BCUT2D eigenvalue weighted by molar-refractivity contribution is -0.142. The van der Waals surface area contributed by atoms with Gasteiger partial charge >= 0.3 is 12.0 Å². The minimum absolute atomic E-state index is 0.0281. The van der Waals surface area contributed by atoms with Gasteiger partial charge in [0.2, 0.25) is 0 Å². The Morgan fingerprint density at radius 2 is 2.16 bits per heavy atom. The average Bonchev–Trinajstić information content (AvgIpc) is 2.77. The largest absolute Gasteiger partial charge is 0.481 e. The highest BCUT2D eigenvalue weighted by molar-refractivity contribution is 5.77. The molecule has 0 heterocycles. The van der Waals surface area contributed by atoms with Crippen LogP contribution < -0.4 is 10.6 Å². The summed E-state index contributed by atoms with van der Waals surface area (Å²) in [7, 11) is 1.60. The summed E-state index contributed by atoms with van der Waals surface area (Å²) in [6, 6.07) is -0.587. The number of carbonyl (C=O) groups excluding carboxylic acids is 1. The summed E-state index contributed by atoms with van der Waals surface area (Å²) in [5, 5.41) is 14.7. The highest BCUT2D eigenvalue weighted by Gasteiger charge is 2.34. The Kier molecular flexibility index (Phi) is 6.62. The van der Waals surface area contributed by atoms with Crippen LogP contribution in [0.3, 0.4) is 0 Å². The fraction of sp³-hybridized carbons (Fsp3) is 0.846. The second kappa shape index (κ2) is 7.99. The Bertz CT molecular complexity index is 303. The average molecular weight is 272 g/mol. The Balaban J connectivity index is 2.42. The predicted molar refractivity (Wildman–Crippen MR) is 71.0 cm³/mol. The number of methoxy groups -OCH3 is 1. The second-order valence-electron chi connectivity index (χ2n) is 5.04. The zero-order valence-corrected chi connectivity index (χ0v) is 11.6. The van der Waals surface area contributed by atoms with Crippen LogP contribution in [0.5, 0.6) is 0 Å². The van der Waals surface area contributed by atoms with Crippen LogP contribution in [0.15, 0.2) is 0 Å². The van der Waals surface area contributed by atoms with Crippen molar-refractivity contribution in [1.82, 2.24) is 10.6 Å². The number of hydrogen-bond donors (Lipinski definition) is 3. The van der Waals surface area contributed by atoms with Gasteiger partial charge in [0, 0.05) is 13.2 Å². The molecule has 19 heavy (non-hydrogen) atoms. The third-order valence-electron chi connectivity index (χ3n) is 3.49.